The largest absolute Gasteiger partial charge is 0.271 e. The first-order valence-corrected chi connectivity index (χ1v) is 6.75. The Bertz CT molecular complexity index is 328. The molecule has 0 radical (unpaired) electrons. The van der Waals surface area contributed by atoms with Crippen LogP contribution in [0.15, 0.2) is 12.3 Å². The van der Waals surface area contributed by atoms with Gasteiger partial charge in [-0.2, -0.15) is 5.10 Å². The Hall–Kier alpha value is -0.870. The molecule has 1 unspecified atom stereocenters. The Morgan fingerprint density at radius 2 is 2.24 bits per heavy atom. The predicted molar refractivity (Wildman–Crippen MR) is 69.1 cm³/mol. The maximum atomic E-state index is 5.66. The lowest BCUT2D eigenvalue weighted by Crippen LogP contribution is -2.30. The van der Waals surface area contributed by atoms with E-state index in [2.05, 4.69) is 10.5 Å². The van der Waals surface area contributed by atoms with Crippen molar-refractivity contribution >= 4 is 0 Å². The van der Waals surface area contributed by atoms with E-state index in [0.29, 0.717) is 0 Å². The highest BCUT2D eigenvalue weighted by atomic mass is 15.3. The van der Waals surface area contributed by atoms with Gasteiger partial charge in [0.15, 0.2) is 0 Å². The molecule has 0 saturated heterocycles. The van der Waals surface area contributed by atoms with Gasteiger partial charge < -0.3 is 0 Å². The quantitative estimate of drug-likeness (QED) is 0.609. The lowest BCUT2D eigenvalue weighted by atomic mass is 9.85. The van der Waals surface area contributed by atoms with Gasteiger partial charge in [0.1, 0.15) is 0 Å². The minimum Gasteiger partial charge on any atom is -0.271 e. The zero-order valence-electron chi connectivity index (χ0n) is 10.7. The zero-order chi connectivity index (χ0) is 12.1. The third kappa shape index (κ3) is 3.30. The zero-order valence-corrected chi connectivity index (χ0v) is 10.7. The fourth-order valence-corrected chi connectivity index (χ4v) is 2.92. The number of hydrogen-bond acceptors (Lipinski definition) is 3. The van der Waals surface area contributed by atoms with Crippen LogP contribution in [0.4, 0.5) is 0 Å². The molecule has 1 saturated carbocycles. The molecule has 1 aromatic rings. The maximum Gasteiger partial charge on any atom is 0.0629 e. The van der Waals surface area contributed by atoms with Crippen molar-refractivity contribution in [3.63, 3.8) is 0 Å². The van der Waals surface area contributed by atoms with Crippen LogP contribution >= 0.6 is 0 Å². The molecular weight excluding hydrogens is 212 g/mol. The Morgan fingerprint density at radius 1 is 1.47 bits per heavy atom. The first-order valence-electron chi connectivity index (χ1n) is 6.75. The molecule has 96 valence electrons. The SMILES string of the molecule is Cn1nccc1C(CCC1CCCCC1)NN. The van der Waals surface area contributed by atoms with E-state index in [0.717, 1.165) is 12.3 Å². The normalized spacial score (nSPS) is 19.4. The Kier molecular flexibility index (Phi) is 4.57. The van der Waals surface area contributed by atoms with Gasteiger partial charge in [0.05, 0.1) is 11.7 Å². The van der Waals surface area contributed by atoms with Crippen LogP contribution in [0.3, 0.4) is 0 Å². The first-order chi connectivity index (χ1) is 8.31. The summed E-state index contributed by atoms with van der Waals surface area (Å²) in [7, 11) is 1.97. The van der Waals surface area contributed by atoms with E-state index in [1.807, 2.05) is 24.0 Å². The molecule has 1 aliphatic carbocycles. The van der Waals surface area contributed by atoms with E-state index >= 15 is 0 Å². The van der Waals surface area contributed by atoms with Crippen LogP contribution in [0.5, 0.6) is 0 Å². The van der Waals surface area contributed by atoms with E-state index in [1.54, 1.807) is 0 Å². The van der Waals surface area contributed by atoms with Gasteiger partial charge in [0, 0.05) is 13.2 Å². The number of aryl methyl sites for hydroxylation is 1. The third-order valence-electron chi connectivity index (χ3n) is 4.01. The minimum atomic E-state index is 0.240. The van der Waals surface area contributed by atoms with E-state index in [-0.39, 0.29) is 6.04 Å². The number of hydrogen-bond donors (Lipinski definition) is 2. The molecule has 1 fully saturated rings. The summed E-state index contributed by atoms with van der Waals surface area (Å²) >= 11 is 0. The van der Waals surface area contributed by atoms with E-state index in [1.165, 1.54) is 44.2 Å². The van der Waals surface area contributed by atoms with Crippen molar-refractivity contribution in [2.45, 2.75) is 51.0 Å². The number of hydrazine groups is 1. The molecule has 1 atom stereocenters. The smallest absolute Gasteiger partial charge is 0.0629 e. The van der Waals surface area contributed by atoms with Gasteiger partial charge in [0.25, 0.3) is 0 Å². The Morgan fingerprint density at radius 3 is 2.82 bits per heavy atom. The second-order valence-corrected chi connectivity index (χ2v) is 5.18. The highest BCUT2D eigenvalue weighted by molar-refractivity contribution is 5.06. The molecule has 2 rings (SSSR count). The van der Waals surface area contributed by atoms with Crippen LogP contribution < -0.4 is 11.3 Å². The van der Waals surface area contributed by atoms with E-state index in [4.69, 9.17) is 5.84 Å². The summed E-state index contributed by atoms with van der Waals surface area (Å²) in [4.78, 5) is 0. The molecule has 3 N–H and O–H groups in total. The Balaban J connectivity index is 1.85. The number of nitrogens with two attached hydrogens (primary N) is 1. The summed E-state index contributed by atoms with van der Waals surface area (Å²) in [6.07, 6.45) is 11.3. The van der Waals surface area contributed by atoms with Crippen LogP contribution in [0.2, 0.25) is 0 Å². The summed E-state index contributed by atoms with van der Waals surface area (Å²) in [6, 6.07) is 2.29. The summed E-state index contributed by atoms with van der Waals surface area (Å²) in [6.45, 7) is 0. The molecule has 4 nitrogen and oxygen atoms in total. The van der Waals surface area contributed by atoms with E-state index in [9.17, 15) is 0 Å². The fraction of sp³-hybridized carbons (Fsp3) is 0.769. The van der Waals surface area contributed by atoms with Gasteiger partial charge in [-0.3, -0.25) is 16.0 Å². The molecule has 1 heterocycles. The van der Waals surface area contributed by atoms with Gasteiger partial charge in [-0.25, -0.2) is 0 Å². The topological polar surface area (TPSA) is 55.9 Å². The van der Waals surface area contributed by atoms with Crippen molar-refractivity contribution in [1.82, 2.24) is 15.2 Å². The highest BCUT2D eigenvalue weighted by Crippen LogP contribution is 2.29. The van der Waals surface area contributed by atoms with Gasteiger partial charge in [0.2, 0.25) is 0 Å². The molecule has 17 heavy (non-hydrogen) atoms. The molecule has 1 aliphatic rings. The molecular formula is C13H24N4. The molecule has 0 aliphatic heterocycles. The summed E-state index contributed by atoms with van der Waals surface area (Å²) in [5.41, 5.74) is 4.11. The van der Waals surface area contributed by atoms with Gasteiger partial charge in [-0.05, 0) is 24.8 Å². The van der Waals surface area contributed by atoms with Gasteiger partial charge in [-0.1, -0.05) is 32.1 Å². The van der Waals surface area contributed by atoms with Crippen LogP contribution in [-0.2, 0) is 7.05 Å². The molecule has 4 heteroatoms. The molecule has 0 spiro atoms. The van der Waals surface area contributed by atoms with Gasteiger partial charge >= 0.3 is 0 Å². The van der Waals surface area contributed by atoms with Crippen LogP contribution in [0, 0.1) is 5.92 Å². The molecule has 1 aromatic heterocycles. The minimum absolute atomic E-state index is 0.240. The molecule has 0 aromatic carbocycles. The second-order valence-electron chi connectivity index (χ2n) is 5.18. The monoisotopic (exact) mass is 236 g/mol. The fourth-order valence-electron chi connectivity index (χ4n) is 2.92. The van der Waals surface area contributed by atoms with Crippen molar-refractivity contribution in [1.29, 1.82) is 0 Å². The lowest BCUT2D eigenvalue weighted by molar-refractivity contribution is 0.312. The summed E-state index contributed by atoms with van der Waals surface area (Å²) < 4.78 is 1.91. The average Bonchev–Trinajstić information content (AvgIpc) is 2.78. The van der Waals surface area contributed by atoms with Crippen molar-refractivity contribution in [3.8, 4) is 0 Å². The molecule has 0 bridgehead atoms. The van der Waals surface area contributed by atoms with Crippen LogP contribution in [0.25, 0.3) is 0 Å². The summed E-state index contributed by atoms with van der Waals surface area (Å²) in [5, 5.41) is 4.20. The number of nitrogens with zero attached hydrogens (tertiary/aromatic N) is 2. The van der Waals surface area contributed by atoms with Crippen molar-refractivity contribution in [2.24, 2.45) is 18.8 Å². The number of aromatic nitrogens is 2. The standard InChI is InChI=1S/C13H24N4/c1-17-13(9-10-15-17)12(16-14)8-7-11-5-3-2-4-6-11/h9-12,16H,2-8,14H2,1H3. The molecule has 0 amide bonds. The summed E-state index contributed by atoms with van der Waals surface area (Å²) in [5.74, 6) is 6.57. The number of nitrogens with one attached hydrogen (secondary N) is 1. The second kappa shape index (κ2) is 6.17. The van der Waals surface area contributed by atoms with Crippen LogP contribution in [-0.4, -0.2) is 9.78 Å². The van der Waals surface area contributed by atoms with Gasteiger partial charge in [-0.15, -0.1) is 0 Å². The lowest BCUT2D eigenvalue weighted by Gasteiger charge is -2.24. The van der Waals surface area contributed by atoms with Crippen molar-refractivity contribution in [2.75, 3.05) is 0 Å². The maximum absolute atomic E-state index is 5.66. The Labute approximate surface area is 104 Å². The van der Waals surface area contributed by atoms with Crippen molar-refractivity contribution < 1.29 is 0 Å². The third-order valence-corrected chi connectivity index (χ3v) is 4.01. The van der Waals surface area contributed by atoms with Crippen LogP contribution in [0.1, 0.15) is 56.7 Å². The average molecular weight is 236 g/mol. The highest BCUT2D eigenvalue weighted by Gasteiger charge is 2.18. The number of rotatable bonds is 5. The van der Waals surface area contributed by atoms with E-state index < -0.39 is 0 Å². The van der Waals surface area contributed by atoms with Crippen molar-refractivity contribution in [3.05, 3.63) is 18.0 Å². The first kappa shape index (κ1) is 12.6. The predicted octanol–water partition coefficient (Wildman–Crippen LogP) is 2.29.